The zero-order valence-electron chi connectivity index (χ0n) is 12.5. The maximum Gasteiger partial charge on any atom is 0.322 e. The molecule has 1 heterocycles. The van der Waals surface area contributed by atoms with Crippen molar-refractivity contribution < 1.29 is 14.6 Å². The van der Waals surface area contributed by atoms with Crippen LogP contribution in [0.5, 0.6) is 0 Å². The maximum absolute atomic E-state index is 12.4. The van der Waals surface area contributed by atoms with Crippen LogP contribution in [0.2, 0.25) is 0 Å². The number of aliphatic hydroxyl groups excluding tert-OH is 1. The topological polar surface area (TPSA) is 87.8 Å². The van der Waals surface area contributed by atoms with Crippen LogP contribution in [0, 0.1) is 0 Å². The summed E-state index contributed by atoms with van der Waals surface area (Å²) in [5.41, 5.74) is 6.80. The zero-order chi connectivity index (χ0) is 15.5. The second-order valence-corrected chi connectivity index (χ2v) is 5.90. The first kappa shape index (κ1) is 15.8. The van der Waals surface area contributed by atoms with E-state index >= 15 is 0 Å². The van der Waals surface area contributed by atoms with Gasteiger partial charge in [0.05, 0.1) is 31.4 Å². The average molecular weight is 293 g/mol. The van der Waals surface area contributed by atoms with Crippen LogP contribution in [0.25, 0.3) is 0 Å². The van der Waals surface area contributed by atoms with Crippen molar-refractivity contribution in [2.75, 3.05) is 25.0 Å². The van der Waals surface area contributed by atoms with Crippen LogP contribution in [0.4, 0.5) is 10.5 Å². The van der Waals surface area contributed by atoms with E-state index in [2.05, 4.69) is 5.32 Å². The number of rotatable bonds is 3. The van der Waals surface area contributed by atoms with Crippen molar-refractivity contribution in [1.82, 2.24) is 4.90 Å². The number of anilines is 1. The normalized spacial score (nSPS) is 21.1. The van der Waals surface area contributed by atoms with Gasteiger partial charge in [0, 0.05) is 12.2 Å². The summed E-state index contributed by atoms with van der Waals surface area (Å²) in [5.74, 6) is 0. The monoisotopic (exact) mass is 293 g/mol. The summed E-state index contributed by atoms with van der Waals surface area (Å²) < 4.78 is 5.70. The lowest BCUT2D eigenvalue weighted by Gasteiger charge is -2.42. The van der Waals surface area contributed by atoms with Crippen molar-refractivity contribution in [1.29, 1.82) is 0 Å². The van der Waals surface area contributed by atoms with E-state index in [9.17, 15) is 9.90 Å². The largest absolute Gasteiger partial charge is 0.394 e. The molecule has 1 fully saturated rings. The molecule has 116 valence electrons. The van der Waals surface area contributed by atoms with Gasteiger partial charge < -0.3 is 25.8 Å². The van der Waals surface area contributed by atoms with Gasteiger partial charge in [0.1, 0.15) is 0 Å². The summed E-state index contributed by atoms with van der Waals surface area (Å²) in [7, 11) is 0. The van der Waals surface area contributed by atoms with Crippen LogP contribution in [0.15, 0.2) is 24.3 Å². The van der Waals surface area contributed by atoms with Crippen LogP contribution < -0.4 is 11.1 Å². The molecule has 21 heavy (non-hydrogen) atoms. The highest BCUT2D eigenvalue weighted by Gasteiger charge is 2.35. The molecule has 0 bridgehead atoms. The van der Waals surface area contributed by atoms with Gasteiger partial charge in [0.2, 0.25) is 0 Å². The van der Waals surface area contributed by atoms with E-state index in [-0.39, 0.29) is 18.7 Å². The van der Waals surface area contributed by atoms with E-state index in [1.165, 1.54) is 0 Å². The number of ether oxygens (including phenoxy) is 1. The van der Waals surface area contributed by atoms with Crippen molar-refractivity contribution in [3.05, 3.63) is 29.8 Å². The fourth-order valence-electron chi connectivity index (χ4n) is 2.52. The van der Waals surface area contributed by atoms with E-state index in [0.29, 0.717) is 25.3 Å². The molecule has 1 aromatic carbocycles. The molecule has 6 heteroatoms. The molecule has 6 nitrogen and oxygen atoms in total. The Hall–Kier alpha value is -1.63. The Balaban J connectivity index is 2.05. The summed E-state index contributed by atoms with van der Waals surface area (Å²) in [5, 5.41) is 12.1. The third-order valence-corrected chi connectivity index (χ3v) is 3.39. The highest BCUT2D eigenvalue weighted by atomic mass is 16.5. The van der Waals surface area contributed by atoms with Gasteiger partial charge in [-0.1, -0.05) is 12.1 Å². The van der Waals surface area contributed by atoms with Crippen LogP contribution in [0.1, 0.15) is 19.4 Å². The lowest BCUT2D eigenvalue weighted by molar-refractivity contribution is -0.137. The first-order valence-corrected chi connectivity index (χ1v) is 7.07. The number of carbonyl (C=O) groups is 1. The van der Waals surface area contributed by atoms with Gasteiger partial charge in [-0.2, -0.15) is 0 Å². The van der Waals surface area contributed by atoms with Gasteiger partial charge in [0.25, 0.3) is 0 Å². The molecule has 1 aromatic rings. The predicted octanol–water partition coefficient (Wildman–Crippen LogP) is 1.15. The van der Waals surface area contributed by atoms with Gasteiger partial charge in [-0.25, -0.2) is 4.79 Å². The van der Waals surface area contributed by atoms with Crippen molar-refractivity contribution in [2.45, 2.75) is 32.1 Å². The summed E-state index contributed by atoms with van der Waals surface area (Å²) in [6, 6.07) is 7.26. The second-order valence-electron chi connectivity index (χ2n) is 5.90. The van der Waals surface area contributed by atoms with Crippen LogP contribution in [-0.4, -0.2) is 47.4 Å². The lowest BCUT2D eigenvalue weighted by Crippen LogP contribution is -2.56. The van der Waals surface area contributed by atoms with Crippen molar-refractivity contribution in [3.63, 3.8) is 0 Å². The van der Waals surface area contributed by atoms with Gasteiger partial charge in [0.15, 0.2) is 0 Å². The number of hydrogen-bond donors (Lipinski definition) is 3. The minimum Gasteiger partial charge on any atom is -0.394 e. The SMILES string of the molecule is CC1(C)CN(C(=O)Nc2cccc(CN)c2)CC(CO)O1. The summed E-state index contributed by atoms with van der Waals surface area (Å²) in [6.45, 7) is 5.00. The van der Waals surface area contributed by atoms with E-state index in [1.54, 1.807) is 4.90 Å². The van der Waals surface area contributed by atoms with Crippen LogP contribution in [0.3, 0.4) is 0 Å². The van der Waals surface area contributed by atoms with Gasteiger partial charge in [-0.3, -0.25) is 0 Å². The van der Waals surface area contributed by atoms with Crippen LogP contribution >= 0.6 is 0 Å². The number of nitrogens with one attached hydrogen (secondary N) is 1. The third kappa shape index (κ3) is 4.17. The van der Waals surface area contributed by atoms with Crippen molar-refractivity contribution in [3.8, 4) is 0 Å². The van der Waals surface area contributed by atoms with E-state index in [0.717, 1.165) is 5.56 Å². The minimum atomic E-state index is -0.470. The standard InChI is InChI=1S/C15H23N3O3/c1-15(2)10-18(8-13(9-19)21-15)14(20)17-12-5-3-4-11(6-12)7-16/h3-6,13,19H,7-10,16H2,1-2H3,(H,17,20). The van der Waals surface area contributed by atoms with Gasteiger partial charge in [-0.15, -0.1) is 0 Å². The molecule has 1 aliphatic heterocycles. The molecule has 1 saturated heterocycles. The number of nitrogens with zero attached hydrogens (tertiary/aromatic N) is 1. The zero-order valence-corrected chi connectivity index (χ0v) is 12.5. The smallest absolute Gasteiger partial charge is 0.322 e. The molecule has 4 N–H and O–H groups in total. The van der Waals surface area contributed by atoms with E-state index < -0.39 is 5.60 Å². The number of carbonyl (C=O) groups excluding carboxylic acids is 1. The number of nitrogens with two attached hydrogens (primary N) is 1. The highest BCUT2D eigenvalue weighted by molar-refractivity contribution is 5.89. The molecule has 0 aliphatic carbocycles. The molecule has 1 unspecified atom stereocenters. The summed E-state index contributed by atoms with van der Waals surface area (Å²) >= 11 is 0. The minimum absolute atomic E-state index is 0.101. The fraction of sp³-hybridized carbons (Fsp3) is 0.533. The quantitative estimate of drug-likeness (QED) is 0.780. The predicted molar refractivity (Wildman–Crippen MR) is 81.0 cm³/mol. The number of urea groups is 1. The Kier molecular flexibility index (Phi) is 4.82. The first-order valence-electron chi connectivity index (χ1n) is 7.07. The molecule has 0 spiro atoms. The molecule has 1 aliphatic rings. The number of amides is 2. The highest BCUT2D eigenvalue weighted by Crippen LogP contribution is 2.21. The second kappa shape index (κ2) is 6.43. The number of hydrogen-bond acceptors (Lipinski definition) is 4. The number of aliphatic hydroxyl groups is 1. The number of benzene rings is 1. The molecule has 1 atom stereocenters. The molecule has 0 aromatic heterocycles. The molecular weight excluding hydrogens is 270 g/mol. The first-order chi connectivity index (χ1) is 9.93. The van der Waals surface area contributed by atoms with E-state index in [1.807, 2.05) is 38.1 Å². The molecule has 2 amide bonds. The molecule has 2 rings (SSSR count). The fourth-order valence-corrected chi connectivity index (χ4v) is 2.52. The lowest BCUT2D eigenvalue weighted by atomic mass is 10.1. The average Bonchev–Trinajstić information content (AvgIpc) is 2.45. The Bertz CT molecular complexity index is 505. The van der Waals surface area contributed by atoms with Crippen molar-refractivity contribution in [2.24, 2.45) is 5.73 Å². The molecular formula is C15H23N3O3. The number of morpholine rings is 1. The van der Waals surface area contributed by atoms with Crippen molar-refractivity contribution >= 4 is 11.7 Å². The Labute approximate surface area is 124 Å². The van der Waals surface area contributed by atoms with E-state index in [4.69, 9.17) is 10.5 Å². The summed E-state index contributed by atoms with van der Waals surface area (Å²) in [4.78, 5) is 14.0. The molecule has 0 radical (unpaired) electrons. The molecule has 0 saturated carbocycles. The van der Waals surface area contributed by atoms with Gasteiger partial charge in [-0.05, 0) is 31.5 Å². The Morgan fingerprint density at radius 1 is 1.57 bits per heavy atom. The maximum atomic E-state index is 12.4. The van der Waals surface area contributed by atoms with Gasteiger partial charge >= 0.3 is 6.03 Å². The van der Waals surface area contributed by atoms with Crippen LogP contribution in [-0.2, 0) is 11.3 Å². The summed E-state index contributed by atoms with van der Waals surface area (Å²) in [6.07, 6.45) is -0.352. The Morgan fingerprint density at radius 3 is 3.00 bits per heavy atom. The third-order valence-electron chi connectivity index (χ3n) is 3.39. The Morgan fingerprint density at radius 2 is 2.33 bits per heavy atom.